The van der Waals surface area contributed by atoms with Crippen LogP contribution in [0.5, 0.6) is 0 Å². The van der Waals surface area contributed by atoms with Gasteiger partial charge in [-0.2, -0.15) is 0 Å². The fraction of sp³-hybridized carbons (Fsp3) is 0.750. The fourth-order valence-electron chi connectivity index (χ4n) is 2.76. The van der Waals surface area contributed by atoms with E-state index in [9.17, 15) is 4.79 Å². The van der Waals surface area contributed by atoms with Crippen LogP contribution in [0.1, 0.15) is 84.0 Å². The zero-order chi connectivity index (χ0) is 16.8. The van der Waals surface area contributed by atoms with Crippen molar-refractivity contribution in [1.29, 1.82) is 0 Å². The van der Waals surface area contributed by atoms with Crippen LogP contribution in [-0.4, -0.2) is 23.3 Å². The Hall–Kier alpha value is -1.09. The summed E-state index contributed by atoms with van der Waals surface area (Å²) >= 11 is 0. The molecule has 2 atom stereocenters. The van der Waals surface area contributed by atoms with Crippen molar-refractivity contribution in [2.45, 2.75) is 96.2 Å². The summed E-state index contributed by atoms with van der Waals surface area (Å²) in [4.78, 5) is 10.3. The minimum absolute atomic E-state index is 0.283. The first-order valence-electron chi connectivity index (χ1n) is 9.41. The molecule has 23 heavy (non-hydrogen) atoms. The molecule has 3 heteroatoms. The molecule has 1 saturated heterocycles. The van der Waals surface area contributed by atoms with E-state index in [1.807, 2.05) is 0 Å². The normalized spacial score (nSPS) is 20.6. The highest BCUT2D eigenvalue weighted by Crippen LogP contribution is 2.28. The van der Waals surface area contributed by atoms with Crippen LogP contribution >= 0.6 is 0 Å². The number of hydrogen-bond donors (Lipinski definition) is 1. The second-order valence-electron chi connectivity index (χ2n) is 6.43. The molecule has 1 heterocycles. The van der Waals surface area contributed by atoms with E-state index in [0.29, 0.717) is 12.2 Å². The topological polar surface area (TPSA) is 49.8 Å². The van der Waals surface area contributed by atoms with E-state index in [1.54, 1.807) is 0 Å². The Balaban J connectivity index is 1.75. The van der Waals surface area contributed by atoms with Crippen molar-refractivity contribution in [2.24, 2.45) is 0 Å². The molecule has 0 saturated carbocycles. The summed E-state index contributed by atoms with van der Waals surface area (Å²) < 4.78 is 5.51. The van der Waals surface area contributed by atoms with E-state index in [1.165, 1.54) is 38.5 Å². The average Bonchev–Trinajstić information content (AvgIpc) is 3.29. The number of carboxylic acids is 1. The number of allylic oxidation sites excluding steroid dienone is 3. The molecule has 132 valence electrons. The first kappa shape index (κ1) is 20.0. The molecule has 0 aliphatic carbocycles. The zero-order valence-corrected chi connectivity index (χ0v) is 14.7. The van der Waals surface area contributed by atoms with Gasteiger partial charge in [0.25, 0.3) is 0 Å². The average molecular weight is 322 g/mol. The Morgan fingerprint density at radius 1 is 0.870 bits per heavy atom. The van der Waals surface area contributed by atoms with Gasteiger partial charge in [-0.1, -0.05) is 50.5 Å². The van der Waals surface area contributed by atoms with E-state index in [0.717, 1.165) is 32.1 Å². The smallest absolute Gasteiger partial charge is 0.303 e. The van der Waals surface area contributed by atoms with Gasteiger partial charge in [0.15, 0.2) is 0 Å². The molecule has 1 aliphatic rings. The summed E-state index contributed by atoms with van der Waals surface area (Å²) in [5, 5.41) is 8.52. The SMILES string of the molecule is CCC1OC1C/C=C\CCCCCCC/C=C\CCCC(=O)O. The van der Waals surface area contributed by atoms with Gasteiger partial charge in [0.1, 0.15) is 0 Å². The van der Waals surface area contributed by atoms with Gasteiger partial charge in [0.05, 0.1) is 12.2 Å². The summed E-state index contributed by atoms with van der Waals surface area (Å²) in [6, 6.07) is 0. The van der Waals surface area contributed by atoms with Crippen LogP contribution in [0.25, 0.3) is 0 Å². The van der Waals surface area contributed by atoms with Gasteiger partial charge in [0, 0.05) is 6.42 Å². The maximum absolute atomic E-state index is 10.3. The molecule has 1 rings (SSSR count). The molecule has 0 aromatic heterocycles. The fourth-order valence-corrected chi connectivity index (χ4v) is 2.76. The summed E-state index contributed by atoms with van der Waals surface area (Å²) in [6.45, 7) is 2.18. The summed E-state index contributed by atoms with van der Waals surface area (Å²) in [5.74, 6) is -0.695. The Kier molecular flexibility index (Phi) is 11.6. The predicted molar refractivity (Wildman–Crippen MR) is 95.7 cm³/mol. The van der Waals surface area contributed by atoms with Crippen LogP contribution in [0, 0.1) is 0 Å². The number of unbranched alkanes of at least 4 members (excludes halogenated alkanes) is 7. The maximum Gasteiger partial charge on any atom is 0.303 e. The van der Waals surface area contributed by atoms with Gasteiger partial charge in [-0.15, -0.1) is 0 Å². The molecule has 1 N–H and O–H groups in total. The highest BCUT2D eigenvalue weighted by Gasteiger charge is 2.35. The number of ether oxygens (including phenoxy) is 1. The summed E-state index contributed by atoms with van der Waals surface area (Å²) in [5.41, 5.74) is 0. The minimum atomic E-state index is -0.695. The number of rotatable bonds is 15. The van der Waals surface area contributed by atoms with Gasteiger partial charge in [-0.05, 0) is 51.4 Å². The van der Waals surface area contributed by atoms with Crippen LogP contribution in [0.2, 0.25) is 0 Å². The number of carbonyl (C=O) groups is 1. The Bertz CT molecular complexity index is 360. The van der Waals surface area contributed by atoms with Crippen LogP contribution < -0.4 is 0 Å². The van der Waals surface area contributed by atoms with E-state index in [2.05, 4.69) is 31.2 Å². The van der Waals surface area contributed by atoms with E-state index in [4.69, 9.17) is 9.84 Å². The van der Waals surface area contributed by atoms with Crippen molar-refractivity contribution >= 4 is 5.97 Å². The second-order valence-corrected chi connectivity index (χ2v) is 6.43. The molecular weight excluding hydrogens is 288 g/mol. The molecular formula is C20H34O3. The molecule has 3 nitrogen and oxygen atoms in total. The van der Waals surface area contributed by atoms with E-state index >= 15 is 0 Å². The highest BCUT2D eigenvalue weighted by molar-refractivity contribution is 5.66. The zero-order valence-electron chi connectivity index (χ0n) is 14.7. The number of carboxylic acid groups (broad SMARTS) is 1. The molecule has 1 aliphatic heterocycles. The number of epoxide rings is 1. The van der Waals surface area contributed by atoms with Crippen molar-refractivity contribution in [2.75, 3.05) is 0 Å². The van der Waals surface area contributed by atoms with Gasteiger partial charge < -0.3 is 9.84 Å². The van der Waals surface area contributed by atoms with Crippen molar-refractivity contribution in [3.8, 4) is 0 Å². The van der Waals surface area contributed by atoms with Gasteiger partial charge in [-0.25, -0.2) is 0 Å². The van der Waals surface area contributed by atoms with Crippen molar-refractivity contribution in [3.63, 3.8) is 0 Å². The molecule has 0 bridgehead atoms. The third-order valence-electron chi connectivity index (χ3n) is 4.29. The lowest BCUT2D eigenvalue weighted by Crippen LogP contribution is -1.92. The van der Waals surface area contributed by atoms with Gasteiger partial charge in [-0.3, -0.25) is 4.79 Å². The van der Waals surface area contributed by atoms with E-state index < -0.39 is 5.97 Å². The lowest BCUT2D eigenvalue weighted by molar-refractivity contribution is -0.137. The Morgan fingerprint density at radius 3 is 2.00 bits per heavy atom. The van der Waals surface area contributed by atoms with Crippen molar-refractivity contribution < 1.29 is 14.6 Å². The molecule has 1 fully saturated rings. The highest BCUT2D eigenvalue weighted by atomic mass is 16.6. The number of hydrogen-bond acceptors (Lipinski definition) is 2. The lowest BCUT2D eigenvalue weighted by Gasteiger charge is -1.98. The van der Waals surface area contributed by atoms with Crippen LogP contribution in [0.4, 0.5) is 0 Å². The molecule has 0 amide bonds. The molecule has 0 radical (unpaired) electrons. The lowest BCUT2D eigenvalue weighted by atomic mass is 10.1. The Labute approximate surface area is 141 Å². The van der Waals surface area contributed by atoms with Crippen molar-refractivity contribution in [1.82, 2.24) is 0 Å². The maximum atomic E-state index is 10.3. The third-order valence-corrected chi connectivity index (χ3v) is 4.29. The second kappa shape index (κ2) is 13.4. The van der Waals surface area contributed by atoms with Crippen molar-refractivity contribution in [3.05, 3.63) is 24.3 Å². The molecule has 0 aromatic carbocycles. The minimum Gasteiger partial charge on any atom is -0.481 e. The van der Waals surface area contributed by atoms with Gasteiger partial charge in [0.2, 0.25) is 0 Å². The molecule has 2 unspecified atom stereocenters. The molecule has 0 aromatic rings. The first-order valence-corrected chi connectivity index (χ1v) is 9.41. The van der Waals surface area contributed by atoms with Crippen LogP contribution in [0.15, 0.2) is 24.3 Å². The molecule has 0 spiro atoms. The monoisotopic (exact) mass is 322 g/mol. The predicted octanol–water partition coefficient (Wildman–Crippen LogP) is 5.65. The van der Waals surface area contributed by atoms with Gasteiger partial charge >= 0.3 is 5.97 Å². The first-order chi connectivity index (χ1) is 11.2. The van der Waals surface area contributed by atoms with Crippen LogP contribution in [0.3, 0.4) is 0 Å². The summed E-state index contributed by atoms with van der Waals surface area (Å²) in [6.07, 6.45) is 23.0. The quantitative estimate of drug-likeness (QED) is 0.241. The van der Waals surface area contributed by atoms with E-state index in [-0.39, 0.29) is 6.42 Å². The number of aliphatic carboxylic acids is 1. The van der Waals surface area contributed by atoms with Crippen LogP contribution in [-0.2, 0) is 9.53 Å². The Morgan fingerprint density at radius 2 is 1.43 bits per heavy atom. The summed E-state index contributed by atoms with van der Waals surface area (Å²) in [7, 11) is 0. The third kappa shape index (κ3) is 12.1. The standard InChI is InChI=1S/C20H34O3/c1-2-18-19(23-18)16-14-12-10-8-6-4-3-5-7-9-11-13-15-17-20(21)22/h9,11-12,14,18-19H,2-8,10,13,15-17H2,1H3,(H,21,22)/b11-9-,14-12-. The largest absolute Gasteiger partial charge is 0.481 e.